The van der Waals surface area contributed by atoms with Crippen LogP contribution in [0.1, 0.15) is 11.4 Å². The van der Waals surface area contributed by atoms with Crippen molar-refractivity contribution in [1.82, 2.24) is 24.9 Å². The van der Waals surface area contributed by atoms with E-state index in [1.165, 1.54) is 12.1 Å². The van der Waals surface area contributed by atoms with Crippen molar-refractivity contribution in [2.24, 2.45) is 0 Å². The molecule has 0 saturated heterocycles. The van der Waals surface area contributed by atoms with Gasteiger partial charge in [0.1, 0.15) is 30.0 Å². The molecule has 10 nitrogen and oxygen atoms in total. The summed E-state index contributed by atoms with van der Waals surface area (Å²) < 4.78 is 53.2. The summed E-state index contributed by atoms with van der Waals surface area (Å²) in [7, 11) is 0. The lowest BCUT2D eigenvalue weighted by molar-refractivity contribution is -0.274. The van der Waals surface area contributed by atoms with Crippen LogP contribution in [-0.2, 0) is 6.54 Å². The maximum absolute atomic E-state index is 12.3. The molecule has 2 heterocycles. The molecule has 0 saturated carbocycles. The molecule has 0 bridgehead atoms. The fraction of sp³-hybridized carbons (Fsp3) is 0.273. The number of halogens is 3. The first-order valence-electron chi connectivity index (χ1n) is 10.3. The van der Waals surface area contributed by atoms with Crippen molar-refractivity contribution >= 4 is 0 Å². The Bertz CT molecular complexity index is 1270. The highest BCUT2D eigenvalue weighted by atomic mass is 19.4. The van der Waals surface area contributed by atoms with Crippen LogP contribution in [0, 0.1) is 6.92 Å². The van der Waals surface area contributed by atoms with Crippen LogP contribution in [0.3, 0.4) is 0 Å². The highest BCUT2D eigenvalue weighted by Crippen LogP contribution is 2.26. The van der Waals surface area contributed by atoms with Crippen LogP contribution >= 0.6 is 0 Å². The third-order valence-electron chi connectivity index (χ3n) is 4.70. The molecule has 0 spiro atoms. The molecule has 35 heavy (non-hydrogen) atoms. The average Bonchev–Trinajstić information content (AvgIpc) is 3.44. The second kappa shape index (κ2) is 10.1. The summed E-state index contributed by atoms with van der Waals surface area (Å²) in [5.41, 5.74) is 1.28. The molecule has 184 valence electrons. The van der Waals surface area contributed by atoms with Crippen LogP contribution in [0.5, 0.6) is 11.5 Å². The monoisotopic (exact) mass is 491 g/mol. The minimum atomic E-state index is -4.78. The van der Waals surface area contributed by atoms with E-state index in [0.29, 0.717) is 23.7 Å². The van der Waals surface area contributed by atoms with Gasteiger partial charge in [-0.25, -0.2) is 9.67 Å². The van der Waals surface area contributed by atoms with E-state index in [1.807, 2.05) is 6.07 Å². The fourth-order valence-electron chi connectivity index (χ4n) is 3.05. The Morgan fingerprint density at radius 3 is 2.54 bits per heavy atom. The third-order valence-corrected chi connectivity index (χ3v) is 4.70. The number of hydrogen-bond donors (Lipinski definition) is 2. The summed E-state index contributed by atoms with van der Waals surface area (Å²) in [6.07, 6.45) is -5.75. The van der Waals surface area contributed by atoms with Crippen LogP contribution in [-0.4, -0.2) is 60.8 Å². The zero-order chi connectivity index (χ0) is 25.0. The Kier molecular flexibility index (Phi) is 6.98. The molecule has 0 aliphatic rings. The predicted molar refractivity (Wildman–Crippen MR) is 114 cm³/mol. The molecule has 2 aromatic carbocycles. The number of rotatable bonds is 9. The molecule has 13 heteroatoms. The Labute approximate surface area is 196 Å². The molecule has 0 amide bonds. The second-order valence-corrected chi connectivity index (χ2v) is 7.43. The van der Waals surface area contributed by atoms with Gasteiger partial charge in [-0.15, -0.1) is 18.3 Å². The average molecular weight is 491 g/mol. The lowest BCUT2D eigenvalue weighted by atomic mass is 10.2. The molecule has 1 unspecified atom stereocenters. The summed E-state index contributed by atoms with van der Waals surface area (Å²) in [4.78, 5) is 8.59. The molecule has 4 rings (SSSR count). The normalized spacial score (nSPS) is 12.5. The quantitative estimate of drug-likeness (QED) is 0.363. The molecule has 2 N–H and O–H groups in total. The number of ether oxygens (including phenoxy) is 2. The molecular weight excluding hydrogens is 471 g/mol. The van der Waals surface area contributed by atoms with Gasteiger partial charge in [-0.1, -0.05) is 17.3 Å². The minimum Gasteiger partial charge on any atom is -0.491 e. The second-order valence-electron chi connectivity index (χ2n) is 7.43. The van der Waals surface area contributed by atoms with Gasteiger partial charge >= 0.3 is 6.36 Å². The van der Waals surface area contributed by atoms with Crippen molar-refractivity contribution in [2.45, 2.75) is 25.9 Å². The van der Waals surface area contributed by atoms with E-state index >= 15 is 0 Å². The number of aliphatic hydroxyl groups excluding tert-OH is 2. The Balaban J connectivity index is 1.46. The number of hydrogen-bond acceptors (Lipinski definition) is 9. The van der Waals surface area contributed by atoms with Gasteiger partial charge in [0.25, 0.3) is 5.89 Å². The van der Waals surface area contributed by atoms with E-state index in [9.17, 15) is 18.3 Å². The largest absolute Gasteiger partial charge is 0.573 e. The first kappa shape index (κ1) is 24.2. The molecule has 0 radical (unpaired) electrons. The van der Waals surface area contributed by atoms with Crippen LogP contribution in [0.15, 0.2) is 53.1 Å². The lowest BCUT2D eigenvalue weighted by Gasteiger charge is -2.11. The topological polar surface area (TPSA) is 129 Å². The Morgan fingerprint density at radius 2 is 1.83 bits per heavy atom. The molecular formula is C22H20F3N5O5. The lowest BCUT2D eigenvalue weighted by Crippen LogP contribution is -2.21. The van der Waals surface area contributed by atoms with Gasteiger partial charge in [-0.05, 0) is 48.9 Å². The molecule has 0 aliphatic heterocycles. The first-order valence-corrected chi connectivity index (χ1v) is 10.3. The standard InChI is InChI=1S/C22H20F3N5O5/c1-13-26-20(28-30(13)10-14-3-2-4-18(9-14)33-12-16(32)11-31)21-27-19(29-35-21)15-5-7-17(8-6-15)34-22(23,24)25/h2-9,16,31-32H,10-12H2,1H3. The van der Waals surface area contributed by atoms with E-state index in [-0.39, 0.29) is 29.9 Å². The van der Waals surface area contributed by atoms with Gasteiger partial charge in [0, 0.05) is 5.56 Å². The molecule has 1 atom stereocenters. The summed E-state index contributed by atoms with van der Waals surface area (Å²) in [5, 5.41) is 26.6. The predicted octanol–water partition coefficient (Wildman–Crippen LogP) is 2.98. The van der Waals surface area contributed by atoms with E-state index in [0.717, 1.165) is 17.7 Å². The molecule has 0 aliphatic carbocycles. The van der Waals surface area contributed by atoms with Crippen molar-refractivity contribution in [2.75, 3.05) is 13.2 Å². The fourth-order valence-corrected chi connectivity index (χ4v) is 3.05. The maximum atomic E-state index is 12.3. The first-order chi connectivity index (χ1) is 16.7. The highest BCUT2D eigenvalue weighted by Gasteiger charge is 2.31. The van der Waals surface area contributed by atoms with Gasteiger partial charge in [0.2, 0.25) is 11.6 Å². The van der Waals surface area contributed by atoms with Crippen molar-refractivity contribution < 1.29 is 37.4 Å². The zero-order valence-electron chi connectivity index (χ0n) is 18.3. The number of aromatic nitrogens is 5. The third kappa shape index (κ3) is 6.33. The van der Waals surface area contributed by atoms with Gasteiger partial charge in [-0.2, -0.15) is 4.98 Å². The summed E-state index contributed by atoms with van der Waals surface area (Å²) >= 11 is 0. The maximum Gasteiger partial charge on any atom is 0.573 e. The van der Waals surface area contributed by atoms with Gasteiger partial charge in [-0.3, -0.25) is 0 Å². The van der Waals surface area contributed by atoms with Crippen molar-refractivity contribution in [3.63, 3.8) is 0 Å². The Hall–Kier alpha value is -3.97. The molecule has 2 aromatic heterocycles. The number of alkyl halides is 3. The van der Waals surface area contributed by atoms with Gasteiger partial charge < -0.3 is 24.2 Å². The molecule has 4 aromatic rings. The summed E-state index contributed by atoms with van der Waals surface area (Å²) in [6.45, 7) is 1.69. The highest BCUT2D eigenvalue weighted by molar-refractivity contribution is 5.57. The summed E-state index contributed by atoms with van der Waals surface area (Å²) in [6, 6.07) is 12.2. The van der Waals surface area contributed by atoms with Crippen LogP contribution in [0.25, 0.3) is 23.1 Å². The van der Waals surface area contributed by atoms with E-state index in [4.69, 9.17) is 14.4 Å². The van der Waals surface area contributed by atoms with E-state index < -0.39 is 19.1 Å². The van der Waals surface area contributed by atoms with Crippen molar-refractivity contribution in [3.05, 3.63) is 59.9 Å². The smallest absolute Gasteiger partial charge is 0.491 e. The summed E-state index contributed by atoms with van der Waals surface area (Å²) in [5.74, 6) is 1.14. The number of benzene rings is 2. The molecule has 0 fully saturated rings. The number of aryl methyl sites for hydroxylation is 1. The van der Waals surface area contributed by atoms with E-state index in [2.05, 4.69) is 25.0 Å². The SMILES string of the molecule is Cc1nc(-c2nc(-c3ccc(OC(F)(F)F)cc3)no2)nn1Cc1cccc(OCC(O)CO)c1. The number of nitrogens with zero attached hydrogens (tertiary/aromatic N) is 5. The Morgan fingerprint density at radius 1 is 1.06 bits per heavy atom. The number of aliphatic hydroxyl groups is 2. The zero-order valence-corrected chi connectivity index (χ0v) is 18.3. The van der Waals surface area contributed by atoms with Crippen molar-refractivity contribution in [3.8, 4) is 34.6 Å². The van der Waals surface area contributed by atoms with Crippen LogP contribution in [0.2, 0.25) is 0 Å². The van der Waals surface area contributed by atoms with Crippen molar-refractivity contribution in [1.29, 1.82) is 0 Å². The van der Waals surface area contributed by atoms with E-state index in [1.54, 1.807) is 29.8 Å². The van der Waals surface area contributed by atoms with Crippen LogP contribution in [0.4, 0.5) is 13.2 Å². The van der Waals surface area contributed by atoms with Crippen LogP contribution < -0.4 is 9.47 Å². The van der Waals surface area contributed by atoms with Gasteiger partial charge in [0.15, 0.2) is 0 Å². The minimum absolute atomic E-state index is 0.0377. The van der Waals surface area contributed by atoms with Gasteiger partial charge in [0.05, 0.1) is 13.2 Å².